The number of hydrogen-bond donors (Lipinski definition) is 1. The minimum absolute atomic E-state index is 0.0602. The van der Waals surface area contributed by atoms with Crippen LogP contribution in [0, 0.1) is 5.92 Å². The molecule has 1 unspecified atom stereocenters. The average molecular weight is 325 g/mol. The fourth-order valence-electron chi connectivity index (χ4n) is 3.82. The molecule has 2 saturated heterocycles. The molecule has 0 spiro atoms. The summed E-state index contributed by atoms with van der Waals surface area (Å²) in [6.45, 7) is 9.62. The molecule has 0 aromatic rings. The molecular weight excluding hydrogens is 290 g/mol. The molecule has 134 valence electrons. The average Bonchev–Trinajstić information content (AvgIpc) is 2.56. The fraction of sp³-hybridized carbons (Fsp3) is 0.944. The maximum absolute atomic E-state index is 13.0. The van der Waals surface area contributed by atoms with Gasteiger partial charge >= 0.3 is 0 Å². The van der Waals surface area contributed by atoms with Crippen molar-refractivity contribution in [2.45, 2.75) is 64.5 Å². The molecule has 2 aliphatic rings. The fourth-order valence-corrected chi connectivity index (χ4v) is 3.82. The van der Waals surface area contributed by atoms with Crippen molar-refractivity contribution >= 4 is 5.91 Å². The Bertz CT molecular complexity index is 348. The Morgan fingerprint density at radius 1 is 1.13 bits per heavy atom. The molecule has 1 atom stereocenters. The number of amides is 1. The molecular formula is C18H35N3O2. The number of carbonyl (C=O) groups excluding carboxylic acids is 1. The number of nitrogens with two attached hydrogens (primary N) is 1. The summed E-state index contributed by atoms with van der Waals surface area (Å²) in [5, 5.41) is 0. The van der Waals surface area contributed by atoms with E-state index in [9.17, 15) is 4.79 Å². The van der Waals surface area contributed by atoms with Gasteiger partial charge in [-0.3, -0.25) is 9.69 Å². The molecule has 2 fully saturated rings. The minimum Gasteiger partial charge on any atom is -0.378 e. The molecule has 2 N–H and O–H groups in total. The number of piperidine rings is 2. The van der Waals surface area contributed by atoms with Crippen LogP contribution in [-0.4, -0.2) is 67.2 Å². The molecule has 2 heterocycles. The SMILES string of the molecule is CC(C)C(C(=O)N1CCC(OCCCN)CC1)N1CCCCC1. The maximum Gasteiger partial charge on any atom is 0.240 e. The van der Waals surface area contributed by atoms with Crippen molar-refractivity contribution in [3.05, 3.63) is 0 Å². The summed E-state index contributed by atoms with van der Waals surface area (Å²) in [6.07, 6.45) is 6.91. The van der Waals surface area contributed by atoms with E-state index in [1.54, 1.807) is 0 Å². The van der Waals surface area contributed by atoms with Crippen molar-refractivity contribution in [1.82, 2.24) is 9.80 Å². The van der Waals surface area contributed by atoms with Crippen LogP contribution in [0.25, 0.3) is 0 Å². The largest absolute Gasteiger partial charge is 0.378 e. The van der Waals surface area contributed by atoms with Crippen LogP contribution in [-0.2, 0) is 9.53 Å². The second-order valence-corrected chi connectivity index (χ2v) is 7.32. The van der Waals surface area contributed by atoms with Gasteiger partial charge in [0.25, 0.3) is 0 Å². The molecule has 2 aliphatic heterocycles. The Morgan fingerprint density at radius 2 is 1.78 bits per heavy atom. The zero-order valence-electron chi connectivity index (χ0n) is 15.0. The number of rotatable bonds is 7. The van der Waals surface area contributed by atoms with E-state index in [1.165, 1.54) is 19.3 Å². The van der Waals surface area contributed by atoms with Crippen LogP contribution in [0.2, 0.25) is 0 Å². The zero-order valence-corrected chi connectivity index (χ0v) is 15.0. The molecule has 0 radical (unpaired) electrons. The molecule has 23 heavy (non-hydrogen) atoms. The lowest BCUT2D eigenvalue weighted by molar-refractivity contribution is -0.141. The van der Waals surface area contributed by atoms with Crippen molar-refractivity contribution in [2.75, 3.05) is 39.3 Å². The van der Waals surface area contributed by atoms with Crippen molar-refractivity contribution in [3.8, 4) is 0 Å². The van der Waals surface area contributed by atoms with E-state index in [4.69, 9.17) is 10.5 Å². The van der Waals surface area contributed by atoms with Gasteiger partial charge in [-0.1, -0.05) is 20.3 Å². The predicted molar refractivity (Wildman–Crippen MR) is 93.3 cm³/mol. The lowest BCUT2D eigenvalue weighted by Gasteiger charge is -2.40. The maximum atomic E-state index is 13.0. The van der Waals surface area contributed by atoms with Gasteiger partial charge < -0.3 is 15.4 Å². The quantitative estimate of drug-likeness (QED) is 0.726. The molecule has 5 nitrogen and oxygen atoms in total. The van der Waals surface area contributed by atoms with Crippen LogP contribution >= 0.6 is 0 Å². The first kappa shape index (κ1) is 18.7. The summed E-state index contributed by atoms with van der Waals surface area (Å²) in [6, 6.07) is 0.0602. The van der Waals surface area contributed by atoms with E-state index >= 15 is 0 Å². The van der Waals surface area contributed by atoms with Gasteiger partial charge in [0, 0.05) is 19.7 Å². The number of ether oxygens (including phenoxy) is 1. The highest BCUT2D eigenvalue weighted by Gasteiger charge is 2.34. The van der Waals surface area contributed by atoms with Gasteiger partial charge in [-0.25, -0.2) is 0 Å². The van der Waals surface area contributed by atoms with Crippen LogP contribution in [0.15, 0.2) is 0 Å². The van der Waals surface area contributed by atoms with Crippen molar-refractivity contribution in [1.29, 1.82) is 0 Å². The normalized spacial score (nSPS) is 22.5. The highest BCUT2D eigenvalue weighted by molar-refractivity contribution is 5.82. The summed E-state index contributed by atoms with van der Waals surface area (Å²) < 4.78 is 5.85. The molecule has 0 aliphatic carbocycles. The number of hydrogen-bond acceptors (Lipinski definition) is 4. The number of carbonyl (C=O) groups is 1. The minimum atomic E-state index is 0.0602. The van der Waals surface area contributed by atoms with Crippen LogP contribution in [0.4, 0.5) is 0 Å². The summed E-state index contributed by atoms with van der Waals surface area (Å²) in [7, 11) is 0. The Morgan fingerprint density at radius 3 is 2.35 bits per heavy atom. The third-order valence-corrected chi connectivity index (χ3v) is 5.12. The summed E-state index contributed by atoms with van der Waals surface area (Å²) in [5.41, 5.74) is 5.50. The first-order chi connectivity index (χ1) is 11.1. The van der Waals surface area contributed by atoms with Crippen LogP contribution in [0.3, 0.4) is 0 Å². The van der Waals surface area contributed by atoms with Crippen LogP contribution in [0.1, 0.15) is 52.4 Å². The Hall–Kier alpha value is -0.650. The Balaban J connectivity index is 1.84. The first-order valence-corrected chi connectivity index (χ1v) is 9.48. The summed E-state index contributed by atoms with van der Waals surface area (Å²) in [5.74, 6) is 0.710. The molecule has 0 aromatic heterocycles. The van der Waals surface area contributed by atoms with E-state index < -0.39 is 0 Å². The number of likely N-dealkylation sites (tertiary alicyclic amines) is 2. The molecule has 1 amide bonds. The smallest absolute Gasteiger partial charge is 0.240 e. The highest BCUT2D eigenvalue weighted by Crippen LogP contribution is 2.22. The van der Waals surface area contributed by atoms with Crippen molar-refractivity contribution in [2.24, 2.45) is 11.7 Å². The molecule has 2 rings (SSSR count). The molecule has 0 saturated carbocycles. The van der Waals surface area contributed by atoms with Crippen molar-refractivity contribution in [3.63, 3.8) is 0 Å². The van der Waals surface area contributed by atoms with E-state index in [2.05, 4.69) is 23.6 Å². The van der Waals surface area contributed by atoms with Gasteiger partial charge in [0.2, 0.25) is 5.91 Å². The molecule has 0 aromatic carbocycles. The zero-order chi connectivity index (χ0) is 16.7. The van der Waals surface area contributed by atoms with Gasteiger partial charge in [0.15, 0.2) is 0 Å². The van der Waals surface area contributed by atoms with Crippen molar-refractivity contribution < 1.29 is 9.53 Å². The molecule has 5 heteroatoms. The standard InChI is InChI=1S/C18H35N3O2/c1-15(2)17(20-10-4-3-5-11-20)18(22)21-12-7-16(8-13-21)23-14-6-9-19/h15-17H,3-14,19H2,1-2H3. The Labute approximate surface area is 141 Å². The van der Waals surface area contributed by atoms with Gasteiger partial charge in [-0.05, 0) is 57.7 Å². The van der Waals surface area contributed by atoms with E-state index in [-0.39, 0.29) is 6.04 Å². The summed E-state index contributed by atoms with van der Waals surface area (Å²) >= 11 is 0. The van der Waals surface area contributed by atoms with Crippen LogP contribution < -0.4 is 5.73 Å². The first-order valence-electron chi connectivity index (χ1n) is 9.48. The van der Waals surface area contributed by atoms with E-state index in [0.29, 0.717) is 24.5 Å². The third-order valence-electron chi connectivity index (χ3n) is 5.12. The van der Waals surface area contributed by atoms with Gasteiger partial charge in [0.1, 0.15) is 0 Å². The third kappa shape index (κ3) is 5.44. The lowest BCUT2D eigenvalue weighted by Crippen LogP contribution is -2.54. The van der Waals surface area contributed by atoms with Gasteiger partial charge in [-0.15, -0.1) is 0 Å². The topological polar surface area (TPSA) is 58.8 Å². The van der Waals surface area contributed by atoms with Gasteiger partial charge in [0.05, 0.1) is 12.1 Å². The summed E-state index contributed by atoms with van der Waals surface area (Å²) in [4.78, 5) is 17.5. The number of nitrogens with zero attached hydrogens (tertiary/aromatic N) is 2. The van der Waals surface area contributed by atoms with E-state index in [1.807, 2.05) is 0 Å². The highest BCUT2D eigenvalue weighted by atomic mass is 16.5. The lowest BCUT2D eigenvalue weighted by atomic mass is 9.96. The van der Waals surface area contributed by atoms with E-state index in [0.717, 1.165) is 52.0 Å². The second-order valence-electron chi connectivity index (χ2n) is 7.32. The molecule has 0 bridgehead atoms. The van der Waals surface area contributed by atoms with Crippen LogP contribution in [0.5, 0.6) is 0 Å². The Kier molecular flexibility index (Phi) is 7.80. The van der Waals surface area contributed by atoms with Gasteiger partial charge in [-0.2, -0.15) is 0 Å². The predicted octanol–water partition coefficient (Wildman–Crippen LogP) is 1.85. The second kappa shape index (κ2) is 9.60. The monoisotopic (exact) mass is 325 g/mol.